The van der Waals surface area contributed by atoms with Crippen molar-refractivity contribution >= 4 is 11.8 Å². The van der Waals surface area contributed by atoms with Gasteiger partial charge >= 0.3 is 0 Å². The molecule has 2 rings (SSSR count). The molecule has 5 nitrogen and oxygen atoms in total. The van der Waals surface area contributed by atoms with Crippen molar-refractivity contribution in [3.8, 4) is 5.75 Å². The standard InChI is InChI=1S/C16H14F2N2O3/c1-10(23-14-9-5-4-8-13(14)18)15(21)19-20-16(22)11-6-2-3-7-12(11)17/h2-10H,1H3,(H,19,21)(H,20,22). The van der Waals surface area contributed by atoms with Crippen LogP contribution in [0, 0.1) is 11.6 Å². The Labute approximate surface area is 131 Å². The smallest absolute Gasteiger partial charge is 0.279 e. The Hall–Kier alpha value is -2.96. The molecule has 0 saturated heterocycles. The minimum Gasteiger partial charge on any atom is -0.478 e. The Bertz CT molecular complexity index is 722. The van der Waals surface area contributed by atoms with Gasteiger partial charge in [0.25, 0.3) is 11.8 Å². The second kappa shape index (κ2) is 7.35. The molecule has 2 N–H and O–H groups in total. The quantitative estimate of drug-likeness (QED) is 0.849. The number of hydrogen-bond acceptors (Lipinski definition) is 3. The first-order valence-electron chi connectivity index (χ1n) is 6.75. The summed E-state index contributed by atoms with van der Waals surface area (Å²) in [5.41, 5.74) is 3.95. The number of rotatable bonds is 4. The molecule has 2 aromatic carbocycles. The van der Waals surface area contributed by atoms with E-state index in [0.717, 1.165) is 6.07 Å². The van der Waals surface area contributed by atoms with Crippen molar-refractivity contribution in [1.29, 1.82) is 0 Å². The minimum atomic E-state index is -1.06. The molecule has 0 fully saturated rings. The number of carbonyl (C=O) groups is 2. The maximum Gasteiger partial charge on any atom is 0.279 e. The number of halogens is 2. The number of hydrogen-bond donors (Lipinski definition) is 2. The van der Waals surface area contributed by atoms with Crippen LogP contribution in [0.2, 0.25) is 0 Å². The number of carbonyl (C=O) groups excluding carboxylic acids is 2. The van der Waals surface area contributed by atoms with Gasteiger partial charge in [-0.2, -0.15) is 0 Å². The van der Waals surface area contributed by atoms with Crippen LogP contribution < -0.4 is 15.6 Å². The lowest BCUT2D eigenvalue weighted by molar-refractivity contribution is -0.128. The first-order chi connectivity index (χ1) is 11.0. The van der Waals surface area contributed by atoms with Crippen LogP contribution in [0.25, 0.3) is 0 Å². The molecule has 0 aliphatic rings. The van der Waals surface area contributed by atoms with Gasteiger partial charge in [-0.05, 0) is 31.2 Å². The van der Waals surface area contributed by atoms with E-state index in [2.05, 4.69) is 10.9 Å². The van der Waals surface area contributed by atoms with Gasteiger partial charge in [0.2, 0.25) is 0 Å². The molecule has 0 aromatic heterocycles. The van der Waals surface area contributed by atoms with Gasteiger partial charge in [-0.15, -0.1) is 0 Å². The average molecular weight is 320 g/mol. The SMILES string of the molecule is CC(Oc1ccccc1F)C(=O)NNC(=O)c1ccccc1F. The molecule has 1 unspecified atom stereocenters. The lowest BCUT2D eigenvalue weighted by atomic mass is 10.2. The van der Waals surface area contributed by atoms with E-state index >= 15 is 0 Å². The topological polar surface area (TPSA) is 67.4 Å². The molecule has 0 aliphatic carbocycles. The molecule has 120 valence electrons. The number of benzene rings is 2. The third-order valence-corrected chi connectivity index (χ3v) is 2.93. The fraction of sp³-hybridized carbons (Fsp3) is 0.125. The van der Waals surface area contributed by atoms with Crippen molar-refractivity contribution < 1.29 is 23.1 Å². The predicted molar refractivity (Wildman–Crippen MR) is 78.5 cm³/mol. The highest BCUT2D eigenvalue weighted by atomic mass is 19.1. The van der Waals surface area contributed by atoms with Crippen LogP contribution in [0.5, 0.6) is 5.75 Å². The molecule has 2 amide bonds. The molecular weight excluding hydrogens is 306 g/mol. The minimum absolute atomic E-state index is 0.0874. The van der Waals surface area contributed by atoms with Crippen LogP contribution in [-0.4, -0.2) is 17.9 Å². The summed E-state index contributed by atoms with van der Waals surface area (Å²) in [4.78, 5) is 23.6. The number of amides is 2. The van der Waals surface area contributed by atoms with Gasteiger partial charge in [-0.3, -0.25) is 20.4 Å². The fourth-order valence-corrected chi connectivity index (χ4v) is 1.72. The van der Waals surface area contributed by atoms with E-state index in [0.29, 0.717) is 0 Å². The molecule has 2 aromatic rings. The first kappa shape index (κ1) is 16.4. The van der Waals surface area contributed by atoms with E-state index in [9.17, 15) is 18.4 Å². The summed E-state index contributed by atoms with van der Waals surface area (Å²) in [7, 11) is 0. The Morgan fingerprint density at radius 1 is 0.957 bits per heavy atom. The number of nitrogens with one attached hydrogen (secondary N) is 2. The lowest BCUT2D eigenvalue weighted by Crippen LogP contribution is -2.47. The molecule has 0 heterocycles. The Kier molecular flexibility index (Phi) is 5.24. The molecule has 0 saturated carbocycles. The van der Waals surface area contributed by atoms with Crippen molar-refractivity contribution in [3.63, 3.8) is 0 Å². The summed E-state index contributed by atoms with van der Waals surface area (Å²) >= 11 is 0. The van der Waals surface area contributed by atoms with Crippen molar-refractivity contribution in [2.24, 2.45) is 0 Å². The summed E-state index contributed by atoms with van der Waals surface area (Å²) < 4.78 is 32.0. The molecule has 0 aliphatic heterocycles. The van der Waals surface area contributed by atoms with E-state index in [1.807, 2.05) is 0 Å². The zero-order valence-electron chi connectivity index (χ0n) is 12.2. The summed E-state index contributed by atoms with van der Waals surface area (Å²) in [6.45, 7) is 1.39. The summed E-state index contributed by atoms with van der Waals surface area (Å²) in [6, 6.07) is 10.9. The average Bonchev–Trinajstić information content (AvgIpc) is 2.54. The maximum absolute atomic E-state index is 13.4. The van der Waals surface area contributed by atoms with Crippen molar-refractivity contribution in [3.05, 3.63) is 65.7 Å². The summed E-state index contributed by atoms with van der Waals surface area (Å²) in [5.74, 6) is -2.93. The van der Waals surface area contributed by atoms with Gasteiger partial charge < -0.3 is 4.74 Å². The highest BCUT2D eigenvalue weighted by molar-refractivity contribution is 5.95. The van der Waals surface area contributed by atoms with E-state index in [1.165, 1.54) is 43.3 Å². The van der Waals surface area contributed by atoms with Crippen LogP contribution in [0.1, 0.15) is 17.3 Å². The molecule has 7 heteroatoms. The van der Waals surface area contributed by atoms with Crippen LogP contribution >= 0.6 is 0 Å². The number of para-hydroxylation sites is 1. The van der Waals surface area contributed by atoms with Gasteiger partial charge in [-0.1, -0.05) is 24.3 Å². The molecule has 0 bridgehead atoms. The van der Waals surface area contributed by atoms with Crippen molar-refractivity contribution in [1.82, 2.24) is 10.9 Å². The van der Waals surface area contributed by atoms with Crippen molar-refractivity contribution in [2.45, 2.75) is 13.0 Å². The van der Waals surface area contributed by atoms with E-state index in [4.69, 9.17) is 4.74 Å². The lowest BCUT2D eigenvalue weighted by Gasteiger charge is -2.15. The zero-order chi connectivity index (χ0) is 16.8. The normalized spacial score (nSPS) is 11.4. The van der Waals surface area contributed by atoms with Gasteiger partial charge in [-0.25, -0.2) is 8.78 Å². The Balaban J connectivity index is 1.91. The Morgan fingerprint density at radius 3 is 2.22 bits per heavy atom. The Morgan fingerprint density at radius 2 is 1.57 bits per heavy atom. The number of hydrazine groups is 1. The highest BCUT2D eigenvalue weighted by Gasteiger charge is 2.18. The molecule has 1 atom stereocenters. The van der Waals surface area contributed by atoms with E-state index < -0.39 is 29.6 Å². The molecule has 0 radical (unpaired) electrons. The zero-order valence-corrected chi connectivity index (χ0v) is 12.2. The van der Waals surface area contributed by atoms with Gasteiger partial charge in [0, 0.05) is 0 Å². The molecule has 0 spiro atoms. The first-order valence-corrected chi connectivity index (χ1v) is 6.75. The van der Waals surface area contributed by atoms with Crippen LogP contribution in [0.15, 0.2) is 48.5 Å². The second-order valence-electron chi connectivity index (χ2n) is 4.61. The fourth-order valence-electron chi connectivity index (χ4n) is 1.72. The highest BCUT2D eigenvalue weighted by Crippen LogP contribution is 2.16. The summed E-state index contributed by atoms with van der Waals surface area (Å²) in [6.07, 6.45) is -1.06. The molecule has 23 heavy (non-hydrogen) atoms. The monoisotopic (exact) mass is 320 g/mol. The maximum atomic E-state index is 13.4. The molecular formula is C16H14F2N2O3. The van der Waals surface area contributed by atoms with Gasteiger partial charge in [0.1, 0.15) is 5.82 Å². The van der Waals surface area contributed by atoms with Crippen molar-refractivity contribution in [2.75, 3.05) is 0 Å². The third-order valence-electron chi connectivity index (χ3n) is 2.93. The summed E-state index contributed by atoms with van der Waals surface area (Å²) in [5, 5.41) is 0. The number of ether oxygens (including phenoxy) is 1. The van der Waals surface area contributed by atoms with Gasteiger partial charge in [0.15, 0.2) is 17.7 Å². The van der Waals surface area contributed by atoms with Gasteiger partial charge in [0.05, 0.1) is 5.56 Å². The second-order valence-corrected chi connectivity index (χ2v) is 4.61. The largest absolute Gasteiger partial charge is 0.478 e. The van der Waals surface area contributed by atoms with Crippen LogP contribution in [0.3, 0.4) is 0 Å². The van der Waals surface area contributed by atoms with Crippen LogP contribution in [0.4, 0.5) is 8.78 Å². The van der Waals surface area contributed by atoms with E-state index in [1.54, 1.807) is 6.07 Å². The predicted octanol–water partition coefficient (Wildman–Crippen LogP) is 2.19. The van der Waals surface area contributed by atoms with Crippen LogP contribution in [-0.2, 0) is 4.79 Å². The third kappa shape index (κ3) is 4.26. The van der Waals surface area contributed by atoms with E-state index in [-0.39, 0.29) is 11.3 Å².